The molecule has 23 heavy (non-hydrogen) atoms. The van der Waals surface area contributed by atoms with Gasteiger partial charge in [0.1, 0.15) is 5.75 Å². The number of carbonyl (C=O) groups excluding carboxylic acids is 2. The van der Waals surface area contributed by atoms with Crippen molar-refractivity contribution < 1.29 is 14.7 Å². The molecule has 0 unspecified atom stereocenters. The number of rotatable bonds is 1. The molecule has 0 atom stereocenters. The van der Waals surface area contributed by atoms with Crippen LogP contribution in [0.4, 0.5) is 0 Å². The van der Waals surface area contributed by atoms with Gasteiger partial charge in [0.15, 0.2) is 5.17 Å². The van der Waals surface area contributed by atoms with Crippen LogP contribution in [0, 0.1) is 0 Å². The van der Waals surface area contributed by atoms with E-state index in [0.29, 0.717) is 36.3 Å². The molecule has 120 valence electrons. The normalized spacial score (nSPS) is 20.1. The molecule has 2 amide bonds. The van der Waals surface area contributed by atoms with Gasteiger partial charge in [-0.15, -0.1) is 0 Å². The maximum Gasteiger partial charge on any atom is 0.286 e. The van der Waals surface area contributed by atoms with E-state index >= 15 is 0 Å². The number of carbonyl (C=O) groups is 2. The molecule has 0 aromatic heterocycles. The molecule has 0 aliphatic carbocycles. The summed E-state index contributed by atoms with van der Waals surface area (Å²) in [6.07, 6.45) is 1.77. The largest absolute Gasteiger partial charge is 0.508 e. The number of phenolic OH excluding ortho intramolecular Hbond substituents is 1. The van der Waals surface area contributed by atoms with Crippen molar-refractivity contribution in [3.8, 4) is 5.75 Å². The molecule has 2 heterocycles. The average molecular weight is 331 g/mol. The molecule has 0 saturated carbocycles. The number of aromatic hydroxyl groups is 1. The summed E-state index contributed by atoms with van der Waals surface area (Å²) in [5.74, 6) is 0.0274. The molecule has 0 spiro atoms. The van der Waals surface area contributed by atoms with E-state index in [1.165, 1.54) is 11.8 Å². The zero-order valence-corrected chi connectivity index (χ0v) is 13.5. The standard InChI is InChI=1S/C16H17N3O3S/c1-11(20)18-6-8-19(9-7-18)16-17-15(22)14(23-16)10-12-2-4-13(21)5-3-12/h2-5,10,21H,6-9H2,1H3/b14-10+. The molecule has 2 aliphatic heterocycles. The third-order valence-corrected chi connectivity index (χ3v) is 4.84. The van der Waals surface area contributed by atoms with E-state index in [0.717, 1.165) is 5.56 Å². The number of aliphatic imine (C=N–C) groups is 1. The summed E-state index contributed by atoms with van der Waals surface area (Å²) in [6.45, 7) is 4.25. The number of hydrogen-bond acceptors (Lipinski definition) is 5. The maximum atomic E-state index is 12.1. The van der Waals surface area contributed by atoms with Crippen LogP contribution in [0.25, 0.3) is 6.08 Å². The van der Waals surface area contributed by atoms with Crippen molar-refractivity contribution in [3.63, 3.8) is 0 Å². The zero-order chi connectivity index (χ0) is 16.4. The monoisotopic (exact) mass is 331 g/mol. The van der Waals surface area contributed by atoms with Gasteiger partial charge in [-0.3, -0.25) is 9.59 Å². The number of hydrogen-bond donors (Lipinski definition) is 1. The van der Waals surface area contributed by atoms with Gasteiger partial charge in [0.05, 0.1) is 4.91 Å². The van der Waals surface area contributed by atoms with Crippen molar-refractivity contribution in [2.24, 2.45) is 4.99 Å². The highest BCUT2D eigenvalue weighted by molar-refractivity contribution is 8.18. The van der Waals surface area contributed by atoms with Crippen molar-refractivity contribution in [1.82, 2.24) is 9.80 Å². The maximum absolute atomic E-state index is 12.1. The molecule has 7 heteroatoms. The number of benzene rings is 1. The summed E-state index contributed by atoms with van der Waals surface area (Å²) in [4.78, 5) is 31.9. The second-order valence-electron chi connectivity index (χ2n) is 5.39. The minimum absolute atomic E-state index is 0.0784. The van der Waals surface area contributed by atoms with Crippen LogP contribution >= 0.6 is 11.8 Å². The lowest BCUT2D eigenvalue weighted by Gasteiger charge is -2.34. The molecular formula is C16H17N3O3S. The number of amidine groups is 1. The van der Waals surface area contributed by atoms with E-state index in [2.05, 4.69) is 4.99 Å². The molecule has 3 rings (SSSR count). The van der Waals surface area contributed by atoms with Crippen LogP contribution in [-0.2, 0) is 9.59 Å². The average Bonchev–Trinajstić information content (AvgIpc) is 2.91. The van der Waals surface area contributed by atoms with E-state index in [1.807, 2.05) is 4.90 Å². The Morgan fingerprint density at radius 2 is 1.87 bits per heavy atom. The lowest BCUT2D eigenvalue weighted by Crippen LogP contribution is -2.49. The Kier molecular flexibility index (Phi) is 4.38. The van der Waals surface area contributed by atoms with Crippen LogP contribution in [0.2, 0.25) is 0 Å². The van der Waals surface area contributed by atoms with Gasteiger partial charge in [0.25, 0.3) is 5.91 Å². The fourth-order valence-corrected chi connectivity index (χ4v) is 3.43. The van der Waals surface area contributed by atoms with Gasteiger partial charge in [-0.25, -0.2) is 0 Å². The number of nitrogens with zero attached hydrogens (tertiary/aromatic N) is 3. The van der Waals surface area contributed by atoms with Crippen molar-refractivity contribution >= 4 is 34.8 Å². The van der Waals surface area contributed by atoms with Gasteiger partial charge in [-0.2, -0.15) is 4.99 Å². The predicted octanol–water partition coefficient (Wildman–Crippen LogP) is 1.53. The summed E-state index contributed by atoms with van der Waals surface area (Å²) >= 11 is 1.36. The van der Waals surface area contributed by atoms with E-state index in [1.54, 1.807) is 42.2 Å². The van der Waals surface area contributed by atoms with Crippen LogP contribution in [0.15, 0.2) is 34.2 Å². The van der Waals surface area contributed by atoms with E-state index in [-0.39, 0.29) is 17.6 Å². The highest BCUT2D eigenvalue weighted by Crippen LogP contribution is 2.30. The molecular weight excluding hydrogens is 314 g/mol. The van der Waals surface area contributed by atoms with Crippen molar-refractivity contribution in [2.75, 3.05) is 26.2 Å². The molecule has 6 nitrogen and oxygen atoms in total. The second-order valence-corrected chi connectivity index (χ2v) is 6.40. The number of phenols is 1. The van der Waals surface area contributed by atoms with Crippen LogP contribution in [0.5, 0.6) is 5.75 Å². The van der Waals surface area contributed by atoms with E-state index < -0.39 is 0 Å². The first-order valence-electron chi connectivity index (χ1n) is 7.35. The summed E-state index contributed by atoms with van der Waals surface area (Å²) in [7, 11) is 0. The molecule has 1 aromatic carbocycles. The van der Waals surface area contributed by atoms with Crippen LogP contribution in [-0.4, -0.2) is 58.1 Å². The Balaban J connectivity index is 1.66. The van der Waals surface area contributed by atoms with Crippen LogP contribution in [0.1, 0.15) is 12.5 Å². The minimum Gasteiger partial charge on any atom is -0.508 e. The Bertz CT molecular complexity index is 689. The summed E-state index contributed by atoms with van der Waals surface area (Å²) in [6, 6.07) is 6.66. The predicted molar refractivity (Wildman–Crippen MR) is 89.9 cm³/mol. The molecule has 2 aliphatic rings. The van der Waals surface area contributed by atoms with Gasteiger partial charge in [0.2, 0.25) is 5.91 Å². The van der Waals surface area contributed by atoms with Crippen LogP contribution in [0.3, 0.4) is 0 Å². The van der Waals surface area contributed by atoms with Gasteiger partial charge >= 0.3 is 0 Å². The fraction of sp³-hybridized carbons (Fsp3) is 0.312. The van der Waals surface area contributed by atoms with Gasteiger partial charge in [-0.05, 0) is 35.5 Å². The smallest absolute Gasteiger partial charge is 0.286 e. The number of amides is 2. The van der Waals surface area contributed by atoms with Crippen LogP contribution < -0.4 is 0 Å². The Hall–Kier alpha value is -2.28. The third-order valence-electron chi connectivity index (χ3n) is 3.80. The highest BCUT2D eigenvalue weighted by atomic mass is 32.2. The van der Waals surface area contributed by atoms with Gasteiger partial charge in [-0.1, -0.05) is 12.1 Å². The third kappa shape index (κ3) is 3.56. The summed E-state index contributed by atoms with van der Waals surface area (Å²) < 4.78 is 0. The minimum atomic E-state index is -0.243. The molecule has 0 bridgehead atoms. The lowest BCUT2D eigenvalue weighted by molar-refractivity contribution is -0.130. The molecule has 1 saturated heterocycles. The molecule has 0 radical (unpaired) electrons. The number of piperazine rings is 1. The number of thioether (sulfide) groups is 1. The van der Waals surface area contributed by atoms with Crippen molar-refractivity contribution in [2.45, 2.75) is 6.92 Å². The quantitative estimate of drug-likeness (QED) is 0.790. The highest BCUT2D eigenvalue weighted by Gasteiger charge is 2.28. The molecule has 1 N–H and O–H groups in total. The Morgan fingerprint density at radius 1 is 1.22 bits per heavy atom. The van der Waals surface area contributed by atoms with Crippen molar-refractivity contribution in [1.29, 1.82) is 0 Å². The molecule has 1 fully saturated rings. The van der Waals surface area contributed by atoms with Gasteiger partial charge < -0.3 is 14.9 Å². The first kappa shape index (κ1) is 15.6. The van der Waals surface area contributed by atoms with E-state index in [4.69, 9.17) is 0 Å². The second kappa shape index (κ2) is 6.45. The summed E-state index contributed by atoms with van der Waals surface area (Å²) in [5, 5.41) is 9.99. The SMILES string of the molecule is CC(=O)N1CCN(C2=NC(=O)/C(=C\c3ccc(O)cc3)S2)CC1. The Morgan fingerprint density at radius 3 is 2.48 bits per heavy atom. The Labute approximate surface area is 138 Å². The molecule has 1 aromatic rings. The first-order valence-corrected chi connectivity index (χ1v) is 8.16. The first-order chi connectivity index (χ1) is 11.0. The fourth-order valence-electron chi connectivity index (χ4n) is 2.47. The lowest BCUT2D eigenvalue weighted by atomic mass is 10.2. The van der Waals surface area contributed by atoms with Crippen molar-refractivity contribution in [3.05, 3.63) is 34.7 Å². The van der Waals surface area contributed by atoms with Gasteiger partial charge in [0, 0.05) is 33.1 Å². The summed E-state index contributed by atoms with van der Waals surface area (Å²) in [5.41, 5.74) is 0.844. The topological polar surface area (TPSA) is 73.2 Å². The zero-order valence-electron chi connectivity index (χ0n) is 12.7. The van der Waals surface area contributed by atoms with E-state index in [9.17, 15) is 14.7 Å².